The van der Waals surface area contributed by atoms with Crippen LogP contribution in [0.2, 0.25) is 5.02 Å². The van der Waals surface area contributed by atoms with Crippen molar-refractivity contribution in [2.75, 3.05) is 50.9 Å². The molecule has 8 nitrogen and oxygen atoms in total. The van der Waals surface area contributed by atoms with Gasteiger partial charge in [-0.1, -0.05) is 64.6 Å². The minimum absolute atomic E-state index is 0.122. The van der Waals surface area contributed by atoms with E-state index in [0.717, 1.165) is 87.7 Å². The topological polar surface area (TPSA) is 89.1 Å². The van der Waals surface area contributed by atoms with Gasteiger partial charge in [-0.2, -0.15) is 0 Å². The fourth-order valence-corrected chi connectivity index (χ4v) is 9.15. The van der Waals surface area contributed by atoms with Crippen LogP contribution in [0.15, 0.2) is 36.4 Å². The Hall–Kier alpha value is -2.17. The molecule has 2 N–H and O–H groups in total. The summed E-state index contributed by atoms with van der Waals surface area (Å²) in [6.45, 7) is 17.0. The fourth-order valence-electron chi connectivity index (χ4n) is 7.91. The van der Waals surface area contributed by atoms with Crippen LogP contribution in [0.3, 0.4) is 0 Å². The van der Waals surface area contributed by atoms with Crippen molar-refractivity contribution in [1.82, 2.24) is 10.0 Å². The second kappa shape index (κ2) is 19.1. The van der Waals surface area contributed by atoms with E-state index in [-0.39, 0.29) is 35.2 Å². The van der Waals surface area contributed by atoms with Crippen LogP contribution in [0.1, 0.15) is 107 Å². The molecule has 7 atom stereocenters. The number of carbonyl (C=O) groups excluding carboxylic acids is 1. The van der Waals surface area contributed by atoms with Crippen LogP contribution in [0.4, 0.5) is 5.69 Å². The van der Waals surface area contributed by atoms with Gasteiger partial charge in [0.2, 0.25) is 0 Å². The molecule has 2 aromatic rings. The monoisotopic (exact) mass is 729 g/mol. The third-order valence-electron chi connectivity index (χ3n) is 11.2. The first kappa shape index (κ1) is 39.0. The van der Waals surface area contributed by atoms with Crippen molar-refractivity contribution >= 4 is 34.2 Å². The lowest BCUT2D eigenvalue weighted by Crippen LogP contribution is -2.42. The average Bonchev–Trinajstić information content (AvgIpc) is 3.25. The normalized spacial score (nSPS) is 29.8. The van der Waals surface area contributed by atoms with Gasteiger partial charge in [-0.3, -0.25) is 9.52 Å². The number of carbonyl (C=O) groups is 1. The Morgan fingerprint density at radius 3 is 2.36 bits per heavy atom. The van der Waals surface area contributed by atoms with Crippen molar-refractivity contribution in [1.29, 1.82) is 0 Å². The molecule has 7 unspecified atom stereocenters. The van der Waals surface area contributed by atoms with Gasteiger partial charge < -0.3 is 24.4 Å². The van der Waals surface area contributed by atoms with Crippen molar-refractivity contribution < 1.29 is 23.2 Å². The molecule has 2 saturated heterocycles. The summed E-state index contributed by atoms with van der Waals surface area (Å²) in [7, 11) is -1.50. The highest BCUT2D eigenvalue weighted by molar-refractivity contribution is 7.84. The Kier molecular flexibility index (Phi) is 14.9. The van der Waals surface area contributed by atoms with Crippen molar-refractivity contribution in [2.24, 2.45) is 23.7 Å². The molecule has 278 valence electrons. The first-order chi connectivity index (χ1) is 24.2. The molecule has 50 heavy (non-hydrogen) atoms. The van der Waals surface area contributed by atoms with Crippen LogP contribution in [-0.2, 0) is 26.9 Å². The lowest BCUT2D eigenvalue weighted by molar-refractivity contribution is -0.218. The molecule has 0 aliphatic carbocycles. The highest BCUT2D eigenvalue weighted by Gasteiger charge is 2.37. The first-order valence-electron chi connectivity index (χ1n) is 19.2. The highest BCUT2D eigenvalue weighted by atomic mass is 35.5. The molecule has 2 aromatic carbocycles. The predicted molar refractivity (Wildman–Crippen MR) is 205 cm³/mol. The second-order valence-corrected chi connectivity index (χ2v) is 16.8. The predicted octanol–water partition coefficient (Wildman–Crippen LogP) is 7.90. The number of nitrogens with zero attached hydrogens (tertiary/aromatic N) is 1. The van der Waals surface area contributed by atoms with E-state index < -0.39 is 11.0 Å². The second-order valence-electron chi connectivity index (χ2n) is 14.8. The van der Waals surface area contributed by atoms with Gasteiger partial charge >= 0.3 is 0 Å². The summed E-state index contributed by atoms with van der Waals surface area (Å²) in [6, 6.07) is 11.9. The van der Waals surface area contributed by atoms with Gasteiger partial charge in [-0.05, 0) is 111 Å². The van der Waals surface area contributed by atoms with E-state index in [1.165, 1.54) is 30.6 Å². The SMILES string of the molecule is C1CNC1.CCCc1cc(Cl)ccc1C1COc2ccc3cc2N(C1)CC(C)C(CC)C(C1OCCCO1)CCCC(C)C(C)S(=O)NC3=O. The van der Waals surface area contributed by atoms with Crippen molar-refractivity contribution in [2.45, 2.75) is 103 Å². The number of benzene rings is 2. The lowest BCUT2D eigenvalue weighted by atomic mass is 9.76. The van der Waals surface area contributed by atoms with E-state index in [2.05, 4.69) is 54.8 Å². The molecule has 0 saturated carbocycles. The molecule has 0 aromatic heterocycles. The maximum Gasteiger partial charge on any atom is 0.263 e. The zero-order valence-corrected chi connectivity index (χ0v) is 32.5. The summed E-state index contributed by atoms with van der Waals surface area (Å²) in [4.78, 5) is 15.9. The minimum Gasteiger partial charge on any atom is -0.491 e. The number of rotatable bonds is 5. The number of halogens is 1. The van der Waals surface area contributed by atoms with Gasteiger partial charge in [0.15, 0.2) is 6.29 Å². The number of anilines is 1. The third kappa shape index (κ3) is 10.0. The Morgan fingerprint density at radius 2 is 1.68 bits per heavy atom. The van der Waals surface area contributed by atoms with Gasteiger partial charge in [0.1, 0.15) is 16.7 Å². The van der Waals surface area contributed by atoms with Gasteiger partial charge in [-0.25, -0.2) is 4.21 Å². The summed E-state index contributed by atoms with van der Waals surface area (Å²) in [5, 5.41) is 3.70. The van der Waals surface area contributed by atoms with E-state index in [1.54, 1.807) is 6.07 Å². The van der Waals surface area contributed by atoms with Crippen molar-refractivity contribution in [3.05, 3.63) is 58.1 Å². The number of hydrogen-bond donors (Lipinski definition) is 2. The summed E-state index contributed by atoms with van der Waals surface area (Å²) in [5.41, 5.74) is 3.93. The summed E-state index contributed by atoms with van der Waals surface area (Å²) in [6.07, 6.45) is 8.04. The van der Waals surface area contributed by atoms with Gasteiger partial charge in [0, 0.05) is 35.5 Å². The highest BCUT2D eigenvalue weighted by Crippen LogP contribution is 2.40. The van der Waals surface area contributed by atoms with E-state index >= 15 is 0 Å². The van der Waals surface area contributed by atoms with E-state index in [9.17, 15) is 9.00 Å². The van der Waals surface area contributed by atoms with Crippen LogP contribution in [0.5, 0.6) is 5.75 Å². The number of hydrogen-bond acceptors (Lipinski definition) is 7. The number of aryl methyl sites for hydroxylation is 1. The quantitative estimate of drug-likeness (QED) is 0.324. The number of amides is 1. The number of nitrogens with one attached hydrogen (secondary N) is 2. The zero-order chi connectivity index (χ0) is 35.6. The Labute approximate surface area is 308 Å². The molecule has 1 amide bonds. The van der Waals surface area contributed by atoms with Gasteiger partial charge in [-0.15, -0.1) is 0 Å². The lowest BCUT2D eigenvalue weighted by Gasteiger charge is -2.40. The molecule has 4 aliphatic rings. The average molecular weight is 730 g/mol. The maximum absolute atomic E-state index is 13.5. The molecular weight excluding hydrogens is 670 g/mol. The molecule has 0 radical (unpaired) electrons. The third-order valence-corrected chi connectivity index (χ3v) is 13.0. The van der Waals surface area contributed by atoms with Crippen molar-refractivity contribution in [3.8, 4) is 5.75 Å². The van der Waals surface area contributed by atoms with Gasteiger partial charge in [0.05, 0.1) is 30.8 Å². The molecule has 10 heteroatoms. The Morgan fingerprint density at radius 1 is 0.940 bits per heavy atom. The van der Waals surface area contributed by atoms with Crippen LogP contribution in [-0.4, -0.2) is 67.7 Å². The van der Waals surface area contributed by atoms with Crippen LogP contribution < -0.4 is 19.7 Å². The van der Waals surface area contributed by atoms with Crippen LogP contribution in [0.25, 0.3) is 0 Å². The molecule has 6 rings (SSSR count). The van der Waals surface area contributed by atoms with Gasteiger partial charge in [0.25, 0.3) is 5.91 Å². The molecule has 2 bridgehead atoms. The number of ether oxygens (including phenoxy) is 3. The van der Waals surface area contributed by atoms with E-state index in [1.807, 2.05) is 25.1 Å². The standard InChI is InChI=1S/C37H53ClN2O5S.C3H7N/c1-6-10-27-19-30(38)14-15-32(27)29-22-40-21-25(4)31(7-2)33(37-43-17-9-18-44-37)12-8-11-24(3)26(5)46(42)39-36(41)28-13-16-35(45-23-29)34(40)20-28;1-2-4-3-1/h13-16,19-20,24-26,29,31,33,37H,6-12,17-18,21-23H2,1-5H3,(H,39,41);4H,1-3H2. The minimum atomic E-state index is -1.50. The molecule has 2 fully saturated rings. The largest absolute Gasteiger partial charge is 0.491 e. The van der Waals surface area contributed by atoms with E-state index in [4.69, 9.17) is 25.8 Å². The van der Waals surface area contributed by atoms with Crippen molar-refractivity contribution in [3.63, 3.8) is 0 Å². The number of fused-ring (bicyclic) bond motifs is 1. The Bertz CT molecular complexity index is 1410. The molecule has 0 spiro atoms. The molecular formula is C40H60ClN3O5S. The summed E-state index contributed by atoms with van der Waals surface area (Å²) >= 11 is 6.46. The molecule has 4 heterocycles. The summed E-state index contributed by atoms with van der Waals surface area (Å²) in [5.74, 6) is 1.73. The smallest absolute Gasteiger partial charge is 0.263 e. The first-order valence-corrected chi connectivity index (χ1v) is 20.7. The summed E-state index contributed by atoms with van der Waals surface area (Å²) < 4.78 is 35.2. The van der Waals surface area contributed by atoms with E-state index in [0.29, 0.717) is 24.0 Å². The fraction of sp³-hybridized carbons (Fsp3) is 0.675. The van der Waals surface area contributed by atoms with Crippen LogP contribution >= 0.6 is 11.6 Å². The maximum atomic E-state index is 13.5. The van der Waals surface area contributed by atoms with Crippen LogP contribution in [0, 0.1) is 23.7 Å². The Balaban J connectivity index is 0.00000113. The molecule has 4 aliphatic heterocycles. The zero-order valence-electron chi connectivity index (χ0n) is 30.9.